The minimum atomic E-state index is 0.218. The van der Waals surface area contributed by atoms with Gasteiger partial charge < -0.3 is 0 Å². The Hall–Kier alpha value is -2.79. The van der Waals surface area contributed by atoms with E-state index in [9.17, 15) is 4.79 Å². The predicted molar refractivity (Wildman–Crippen MR) is 109 cm³/mol. The molecule has 2 aromatic carbocycles. The summed E-state index contributed by atoms with van der Waals surface area (Å²) in [5, 5.41) is 8.60. The van der Waals surface area contributed by atoms with Gasteiger partial charge in [-0.15, -0.1) is 5.10 Å². The van der Waals surface area contributed by atoms with Gasteiger partial charge in [-0.1, -0.05) is 47.7 Å². The van der Waals surface area contributed by atoms with Gasteiger partial charge in [-0.3, -0.25) is 9.69 Å². The van der Waals surface area contributed by atoms with Gasteiger partial charge >= 0.3 is 0 Å². The maximum Gasteiger partial charge on any atom is 0.134 e. The van der Waals surface area contributed by atoms with E-state index in [1.54, 1.807) is 6.92 Å². The molecule has 0 bridgehead atoms. The number of ketones is 1. The summed E-state index contributed by atoms with van der Waals surface area (Å²) in [4.78, 5) is 13.8. The number of hydrogen-bond acceptors (Lipinski definition) is 4. The van der Waals surface area contributed by atoms with Crippen molar-refractivity contribution in [2.75, 3.05) is 13.1 Å². The molecule has 0 atom stereocenters. The fourth-order valence-corrected chi connectivity index (χ4v) is 3.98. The summed E-state index contributed by atoms with van der Waals surface area (Å²) in [6, 6.07) is 18.6. The van der Waals surface area contributed by atoms with Crippen molar-refractivity contribution in [3.63, 3.8) is 0 Å². The van der Waals surface area contributed by atoms with E-state index in [2.05, 4.69) is 39.5 Å². The molecule has 1 aromatic heterocycles. The molecule has 1 aliphatic rings. The van der Waals surface area contributed by atoms with Gasteiger partial charge in [0.25, 0.3) is 0 Å². The van der Waals surface area contributed by atoms with Crippen LogP contribution in [0.25, 0.3) is 5.69 Å². The quantitative estimate of drug-likeness (QED) is 0.659. The van der Waals surface area contributed by atoms with Crippen LogP contribution < -0.4 is 0 Å². The lowest BCUT2D eigenvalue weighted by Crippen LogP contribution is -2.32. The molecule has 1 saturated heterocycles. The van der Waals surface area contributed by atoms with Crippen LogP contribution in [0, 0.1) is 0 Å². The van der Waals surface area contributed by atoms with Crippen LogP contribution >= 0.6 is 0 Å². The largest absolute Gasteiger partial charge is 0.300 e. The molecule has 3 aromatic rings. The van der Waals surface area contributed by atoms with Crippen LogP contribution in [0.5, 0.6) is 0 Å². The minimum Gasteiger partial charge on any atom is -0.300 e. The van der Waals surface area contributed by atoms with Crippen molar-refractivity contribution in [2.24, 2.45) is 0 Å². The van der Waals surface area contributed by atoms with E-state index in [0.717, 1.165) is 49.4 Å². The van der Waals surface area contributed by atoms with E-state index in [1.807, 2.05) is 41.2 Å². The van der Waals surface area contributed by atoms with Crippen LogP contribution in [0.3, 0.4) is 0 Å². The van der Waals surface area contributed by atoms with Crippen molar-refractivity contribution in [1.29, 1.82) is 0 Å². The molecule has 0 spiro atoms. The third-order valence-corrected chi connectivity index (χ3v) is 5.41. The number of hydrogen-bond donors (Lipinski definition) is 0. The number of Topliss-reactive ketones (excluding diaryl/α,β-unsaturated/α-hetero) is 1. The number of carbonyl (C=O) groups excluding carboxylic acids is 1. The lowest BCUT2D eigenvalue weighted by atomic mass is 9.88. The average molecular weight is 374 g/mol. The Morgan fingerprint density at radius 2 is 1.86 bits per heavy atom. The average Bonchev–Trinajstić information content (AvgIpc) is 3.17. The van der Waals surface area contributed by atoms with Crippen LogP contribution in [0.1, 0.15) is 42.5 Å². The number of para-hydroxylation sites is 1. The number of benzene rings is 2. The van der Waals surface area contributed by atoms with Crippen molar-refractivity contribution in [1.82, 2.24) is 19.9 Å². The molecule has 0 saturated carbocycles. The molecule has 5 heteroatoms. The van der Waals surface area contributed by atoms with E-state index in [1.165, 1.54) is 5.56 Å². The predicted octanol–water partition coefficient (Wildman–Crippen LogP) is 3.78. The molecular weight excluding hydrogens is 348 g/mol. The van der Waals surface area contributed by atoms with Crippen molar-refractivity contribution < 1.29 is 4.79 Å². The molecule has 1 aliphatic heterocycles. The van der Waals surface area contributed by atoms with E-state index in [0.29, 0.717) is 12.3 Å². The fourth-order valence-electron chi connectivity index (χ4n) is 3.98. The first kappa shape index (κ1) is 18.6. The van der Waals surface area contributed by atoms with Crippen molar-refractivity contribution in [2.45, 2.75) is 38.6 Å². The number of rotatable bonds is 6. The van der Waals surface area contributed by atoms with E-state index >= 15 is 0 Å². The van der Waals surface area contributed by atoms with Gasteiger partial charge in [-0.05, 0) is 62.0 Å². The second-order valence-corrected chi connectivity index (χ2v) is 7.66. The lowest BCUT2D eigenvalue weighted by Gasteiger charge is -2.31. The Morgan fingerprint density at radius 1 is 1.07 bits per heavy atom. The molecule has 0 amide bonds. The van der Waals surface area contributed by atoms with Gasteiger partial charge in [0.2, 0.25) is 0 Å². The number of piperidine rings is 1. The van der Waals surface area contributed by atoms with Gasteiger partial charge in [0.05, 0.1) is 17.6 Å². The molecule has 1 fully saturated rings. The molecule has 5 nitrogen and oxygen atoms in total. The van der Waals surface area contributed by atoms with Gasteiger partial charge in [0, 0.05) is 13.0 Å². The maximum absolute atomic E-state index is 11.4. The zero-order valence-corrected chi connectivity index (χ0v) is 16.3. The fraction of sp³-hybridized carbons (Fsp3) is 0.348. The molecule has 28 heavy (non-hydrogen) atoms. The highest BCUT2D eigenvalue weighted by Gasteiger charge is 2.21. The Bertz CT molecular complexity index is 927. The van der Waals surface area contributed by atoms with Crippen LogP contribution in [0.4, 0.5) is 0 Å². The number of carbonyl (C=O) groups is 1. The second kappa shape index (κ2) is 8.48. The number of likely N-dealkylation sites (tertiary alicyclic amines) is 1. The SMILES string of the molecule is CC(=O)Cc1cccc(C2CCN(Cc3cn(-c4ccccc4)nn3)CC2)c1. The van der Waals surface area contributed by atoms with Crippen LogP contribution in [-0.4, -0.2) is 38.8 Å². The summed E-state index contributed by atoms with van der Waals surface area (Å²) in [5.41, 5.74) is 4.54. The van der Waals surface area contributed by atoms with Gasteiger partial charge in [0.1, 0.15) is 5.78 Å². The highest BCUT2D eigenvalue weighted by atomic mass is 16.1. The van der Waals surface area contributed by atoms with Gasteiger partial charge in [-0.25, -0.2) is 4.68 Å². The Labute approximate surface area is 166 Å². The summed E-state index contributed by atoms with van der Waals surface area (Å²) in [7, 11) is 0. The standard InChI is InChI=1S/C23H26N4O/c1-18(28)14-19-6-5-7-21(15-19)20-10-12-26(13-11-20)16-22-17-27(25-24-22)23-8-3-2-4-9-23/h2-9,15,17,20H,10-14,16H2,1H3. The minimum absolute atomic E-state index is 0.218. The number of nitrogens with zero attached hydrogens (tertiary/aromatic N) is 4. The Morgan fingerprint density at radius 3 is 2.61 bits per heavy atom. The molecule has 0 aliphatic carbocycles. The van der Waals surface area contributed by atoms with E-state index in [4.69, 9.17) is 0 Å². The number of aromatic nitrogens is 3. The van der Waals surface area contributed by atoms with Crippen molar-refractivity contribution in [3.05, 3.63) is 77.6 Å². The first-order valence-electron chi connectivity index (χ1n) is 9.94. The van der Waals surface area contributed by atoms with E-state index in [-0.39, 0.29) is 5.78 Å². The zero-order chi connectivity index (χ0) is 19.3. The van der Waals surface area contributed by atoms with Crippen LogP contribution in [-0.2, 0) is 17.8 Å². The molecule has 0 unspecified atom stereocenters. The third-order valence-electron chi connectivity index (χ3n) is 5.41. The second-order valence-electron chi connectivity index (χ2n) is 7.66. The van der Waals surface area contributed by atoms with Crippen molar-refractivity contribution >= 4 is 5.78 Å². The molecular formula is C23H26N4O. The molecule has 2 heterocycles. The monoisotopic (exact) mass is 374 g/mol. The Kier molecular flexibility index (Phi) is 5.63. The maximum atomic E-state index is 11.4. The van der Waals surface area contributed by atoms with Crippen LogP contribution in [0.2, 0.25) is 0 Å². The summed E-state index contributed by atoms with van der Waals surface area (Å²) in [6.07, 6.45) is 4.82. The highest BCUT2D eigenvalue weighted by Crippen LogP contribution is 2.29. The van der Waals surface area contributed by atoms with Gasteiger partial charge in [0.15, 0.2) is 0 Å². The summed E-state index contributed by atoms with van der Waals surface area (Å²) in [6.45, 7) is 4.60. The Balaban J connectivity index is 1.34. The summed E-state index contributed by atoms with van der Waals surface area (Å²) < 4.78 is 1.84. The topological polar surface area (TPSA) is 51.0 Å². The van der Waals surface area contributed by atoms with Gasteiger partial charge in [-0.2, -0.15) is 0 Å². The highest BCUT2D eigenvalue weighted by molar-refractivity contribution is 5.78. The molecule has 0 N–H and O–H groups in total. The van der Waals surface area contributed by atoms with Crippen molar-refractivity contribution in [3.8, 4) is 5.69 Å². The zero-order valence-electron chi connectivity index (χ0n) is 16.3. The lowest BCUT2D eigenvalue weighted by molar-refractivity contribution is -0.116. The first-order chi connectivity index (χ1) is 13.7. The molecule has 0 radical (unpaired) electrons. The normalized spacial score (nSPS) is 15.6. The first-order valence-corrected chi connectivity index (χ1v) is 9.94. The third kappa shape index (κ3) is 4.54. The summed E-state index contributed by atoms with van der Waals surface area (Å²) in [5.74, 6) is 0.790. The summed E-state index contributed by atoms with van der Waals surface area (Å²) >= 11 is 0. The van der Waals surface area contributed by atoms with Crippen LogP contribution in [0.15, 0.2) is 60.8 Å². The molecule has 144 valence electrons. The molecule has 4 rings (SSSR count). The smallest absolute Gasteiger partial charge is 0.134 e. The van der Waals surface area contributed by atoms with E-state index < -0.39 is 0 Å².